The zero-order chi connectivity index (χ0) is 14.7. The molecule has 0 aliphatic rings. The van der Waals surface area contributed by atoms with Gasteiger partial charge in [0.05, 0.1) is 11.7 Å². The van der Waals surface area contributed by atoms with Crippen molar-refractivity contribution in [2.75, 3.05) is 6.54 Å². The molecule has 0 bridgehead atoms. The van der Waals surface area contributed by atoms with Crippen molar-refractivity contribution in [2.45, 2.75) is 58.8 Å². The van der Waals surface area contributed by atoms with Crippen LogP contribution in [0.3, 0.4) is 0 Å². The molecule has 1 unspecified atom stereocenters. The molecule has 108 valence electrons. The van der Waals surface area contributed by atoms with Gasteiger partial charge in [-0.2, -0.15) is 0 Å². The van der Waals surface area contributed by atoms with Crippen molar-refractivity contribution in [3.8, 4) is 0 Å². The SMILES string of the molecule is CC(C)(C)NCC(OC(C)(C)C)c1cccc(F)c1. The lowest BCUT2D eigenvalue weighted by molar-refractivity contribution is -0.0625. The minimum absolute atomic E-state index is 0.00677. The van der Waals surface area contributed by atoms with Gasteiger partial charge in [-0.25, -0.2) is 4.39 Å². The Hall–Kier alpha value is -0.930. The Kier molecular flexibility index (Phi) is 5.11. The van der Waals surface area contributed by atoms with Crippen LogP contribution in [0.25, 0.3) is 0 Å². The molecule has 3 heteroatoms. The molecule has 1 atom stereocenters. The number of halogens is 1. The van der Waals surface area contributed by atoms with Gasteiger partial charge in [0.25, 0.3) is 0 Å². The normalized spacial score (nSPS) is 14.5. The molecular weight excluding hydrogens is 241 g/mol. The van der Waals surface area contributed by atoms with Gasteiger partial charge < -0.3 is 10.1 Å². The van der Waals surface area contributed by atoms with Crippen molar-refractivity contribution in [1.82, 2.24) is 5.32 Å². The summed E-state index contributed by atoms with van der Waals surface area (Å²) in [6.45, 7) is 13.0. The van der Waals surface area contributed by atoms with E-state index in [1.54, 1.807) is 12.1 Å². The zero-order valence-corrected chi connectivity index (χ0v) is 12.9. The molecule has 19 heavy (non-hydrogen) atoms. The van der Waals surface area contributed by atoms with E-state index in [1.165, 1.54) is 6.07 Å². The van der Waals surface area contributed by atoms with Gasteiger partial charge in [-0.3, -0.25) is 0 Å². The highest BCUT2D eigenvalue weighted by Gasteiger charge is 2.22. The monoisotopic (exact) mass is 267 g/mol. The summed E-state index contributed by atoms with van der Waals surface area (Å²) in [4.78, 5) is 0. The van der Waals surface area contributed by atoms with Gasteiger partial charge in [-0.05, 0) is 59.2 Å². The number of hydrogen-bond donors (Lipinski definition) is 1. The van der Waals surface area contributed by atoms with E-state index in [4.69, 9.17) is 4.74 Å². The molecule has 0 fully saturated rings. The minimum atomic E-state index is -0.267. The molecule has 1 aromatic carbocycles. The molecular formula is C16H26FNO. The minimum Gasteiger partial charge on any atom is -0.367 e. The molecule has 0 heterocycles. The van der Waals surface area contributed by atoms with Gasteiger partial charge in [0.1, 0.15) is 5.82 Å². The Morgan fingerprint density at radius 1 is 1.16 bits per heavy atom. The summed E-state index contributed by atoms with van der Waals surface area (Å²) in [7, 11) is 0. The van der Waals surface area contributed by atoms with E-state index in [1.807, 2.05) is 26.8 Å². The second kappa shape index (κ2) is 6.02. The van der Waals surface area contributed by atoms with Crippen LogP contribution in [-0.2, 0) is 4.74 Å². The Labute approximate surface area is 116 Å². The van der Waals surface area contributed by atoms with Crippen LogP contribution in [0.5, 0.6) is 0 Å². The van der Waals surface area contributed by atoms with Crippen molar-refractivity contribution in [2.24, 2.45) is 0 Å². The Bertz CT molecular complexity index is 404. The second-order valence-electron chi connectivity index (χ2n) is 6.90. The number of ether oxygens (including phenoxy) is 1. The third-order valence-corrected chi connectivity index (χ3v) is 2.53. The van der Waals surface area contributed by atoms with Gasteiger partial charge in [0.2, 0.25) is 0 Å². The van der Waals surface area contributed by atoms with Crippen molar-refractivity contribution in [3.05, 3.63) is 35.6 Å². The van der Waals surface area contributed by atoms with Gasteiger partial charge in [0.15, 0.2) is 0 Å². The summed E-state index contributed by atoms with van der Waals surface area (Å²) in [5.74, 6) is -0.226. The standard InChI is InChI=1S/C16H26FNO/c1-15(2,3)18-11-14(19-16(4,5)6)12-8-7-9-13(17)10-12/h7-10,14,18H,11H2,1-6H3. The summed E-state index contributed by atoms with van der Waals surface area (Å²) >= 11 is 0. The van der Waals surface area contributed by atoms with Crippen molar-refractivity contribution in [1.29, 1.82) is 0 Å². The first-order chi connectivity index (χ1) is 8.57. The summed E-state index contributed by atoms with van der Waals surface area (Å²) in [6, 6.07) is 6.63. The zero-order valence-electron chi connectivity index (χ0n) is 12.9. The van der Waals surface area contributed by atoms with Gasteiger partial charge >= 0.3 is 0 Å². The van der Waals surface area contributed by atoms with Crippen LogP contribution in [0.1, 0.15) is 53.2 Å². The number of hydrogen-bond acceptors (Lipinski definition) is 2. The lowest BCUT2D eigenvalue weighted by atomic mass is 10.0. The predicted molar refractivity (Wildman–Crippen MR) is 77.7 cm³/mol. The molecule has 1 rings (SSSR count). The maximum Gasteiger partial charge on any atom is 0.123 e. The summed E-state index contributed by atoms with van der Waals surface area (Å²) in [6.07, 6.45) is -0.157. The largest absolute Gasteiger partial charge is 0.367 e. The molecule has 0 saturated carbocycles. The maximum atomic E-state index is 13.4. The van der Waals surface area contributed by atoms with Crippen LogP contribution in [-0.4, -0.2) is 17.7 Å². The fourth-order valence-corrected chi connectivity index (χ4v) is 1.76. The average Bonchev–Trinajstić information content (AvgIpc) is 2.21. The first-order valence-electron chi connectivity index (χ1n) is 6.75. The molecule has 2 nitrogen and oxygen atoms in total. The highest BCUT2D eigenvalue weighted by Crippen LogP contribution is 2.24. The lowest BCUT2D eigenvalue weighted by Gasteiger charge is -2.31. The van der Waals surface area contributed by atoms with Crippen LogP contribution in [0.2, 0.25) is 0 Å². The lowest BCUT2D eigenvalue weighted by Crippen LogP contribution is -2.40. The summed E-state index contributed by atoms with van der Waals surface area (Å²) in [5.41, 5.74) is 0.607. The highest BCUT2D eigenvalue weighted by atomic mass is 19.1. The molecule has 0 radical (unpaired) electrons. The van der Waals surface area contributed by atoms with Crippen molar-refractivity contribution >= 4 is 0 Å². The van der Waals surface area contributed by atoms with Crippen molar-refractivity contribution < 1.29 is 9.13 Å². The third kappa shape index (κ3) is 6.69. The Morgan fingerprint density at radius 2 is 1.79 bits per heavy atom. The van der Waals surface area contributed by atoms with E-state index in [0.717, 1.165) is 5.56 Å². The highest BCUT2D eigenvalue weighted by molar-refractivity contribution is 5.19. The van der Waals surface area contributed by atoms with Gasteiger partial charge in [-0.1, -0.05) is 12.1 Å². The molecule has 0 amide bonds. The van der Waals surface area contributed by atoms with E-state index in [-0.39, 0.29) is 23.1 Å². The number of rotatable bonds is 4. The predicted octanol–water partition coefficient (Wildman–Crippen LogP) is 4.07. The first-order valence-corrected chi connectivity index (χ1v) is 6.75. The van der Waals surface area contributed by atoms with E-state index in [2.05, 4.69) is 26.1 Å². The van der Waals surface area contributed by atoms with E-state index >= 15 is 0 Å². The van der Waals surface area contributed by atoms with Crippen LogP contribution in [0.4, 0.5) is 4.39 Å². The Morgan fingerprint density at radius 3 is 2.26 bits per heavy atom. The molecule has 0 spiro atoms. The summed E-state index contributed by atoms with van der Waals surface area (Å²) < 4.78 is 19.4. The van der Waals surface area contributed by atoms with E-state index < -0.39 is 0 Å². The van der Waals surface area contributed by atoms with Crippen molar-refractivity contribution in [3.63, 3.8) is 0 Å². The van der Waals surface area contributed by atoms with E-state index in [0.29, 0.717) is 6.54 Å². The number of benzene rings is 1. The Balaban J connectivity index is 2.86. The second-order valence-corrected chi connectivity index (χ2v) is 6.90. The molecule has 1 N–H and O–H groups in total. The molecule has 0 aromatic heterocycles. The van der Waals surface area contributed by atoms with Crippen LogP contribution in [0.15, 0.2) is 24.3 Å². The topological polar surface area (TPSA) is 21.3 Å². The van der Waals surface area contributed by atoms with Crippen LogP contribution < -0.4 is 5.32 Å². The average molecular weight is 267 g/mol. The van der Waals surface area contributed by atoms with Gasteiger partial charge in [0, 0.05) is 12.1 Å². The van der Waals surface area contributed by atoms with Crippen LogP contribution >= 0.6 is 0 Å². The van der Waals surface area contributed by atoms with E-state index in [9.17, 15) is 4.39 Å². The fraction of sp³-hybridized carbons (Fsp3) is 0.625. The smallest absolute Gasteiger partial charge is 0.123 e. The fourth-order valence-electron chi connectivity index (χ4n) is 1.76. The third-order valence-electron chi connectivity index (χ3n) is 2.53. The molecule has 0 aliphatic carbocycles. The summed E-state index contributed by atoms with van der Waals surface area (Å²) in [5, 5.41) is 3.42. The maximum absolute atomic E-state index is 13.4. The van der Waals surface area contributed by atoms with Gasteiger partial charge in [-0.15, -0.1) is 0 Å². The quantitative estimate of drug-likeness (QED) is 0.888. The first kappa shape index (κ1) is 16.1. The molecule has 0 saturated heterocycles. The molecule has 1 aromatic rings. The molecule has 0 aliphatic heterocycles. The van der Waals surface area contributed by atoms with Crippen LogP contribution in [0, 0.1) is 5.82 Å². The number of nitrogens with one attached hydrogen (secondary N) is 1.